The zero-order valence-corrected chi connectivity index (χ0v) is 10.6. The topological polar surface area (TPSA) is 43.4 Å². The van der Waals surface area contributed by atoms with Crippen molar-refractivity contribution in [3.63, 3.8) is 0 Å². The maximum absolute atomic E-state index is 11.7. The summed E-state index contributed by atoms with van der Waals surface area (Å²) in [7, 11) is -3.01. The predicted molar refractivity (Wildman–Crippen MR) is 67.4 cm³/mol. The van der Waals surface area contributed by atoms with Gasteiger partial charge in [0.2, 0.25) is 0 Å². The third kappa shape index (κ3) is 2.96. The van der Waals surface area contributed by atoms with Gasteiger partial charge in [0.25, 0.3) is 0 Å². The Labute approximate surface area is 102 Å². The van der Waals surface area contributed by atoms with Gasteiger partial charge in [0.15, 0.2) is 9.84 Å². The molecular formula is C13H16O3S. The van der Waals surface area contributed by atoms with Gasteiger partial charge in [-0.2, -0.15) is 0 Å². The maximum Gasteiger partial charge on any atom is 0.162 e. The van der Waals surface area contributed by atoms with Gasteiger partial charge in [0.1, 0.15) is 5.25 Å². The van der Waals surface area contributed by atoms with Crippen molar-refractivity contribution in [2.75, 3.05) is 12.4 Å². The van der Waals surface area contributed by atoms with E-state index in [1.807, 2.05) is 37.3 Å². The van der Waals surface area contributed by atoms with Crippen LogP contribution < -0.4 is 0 Å². The zero-order chi connectivity index (χ0) is 12.3. The fraction of sp³-hybridized carbons (Fsp3) is 0.385. The Morgan fingerprint density at radius 3 is 2.59 bits per heavy atom. The molecule has 17 heavy (non-hydrogen) atoms. The summed E-state index contributed by atoms with van der Waals surface area (Å²) in [6.45, 7) is 2.56. The van der Waals surface area contributed by atoms with E-state index in [1.165, 1.54) is 0 Å². The second-order valence-electron chi connectivity index (χ2n) is 4.27. The van der Waals surface area contributed by atoms with Crippen LogP contribution in [0, 0.1) is 0 Å². The molecule has 1 heterocycles. The van der Waals surface area contributed by atoms with Crippen molar-refractivity contribution in [2.24, 2.45) is 0 Å². The second-order valence-corrected chi connectivity index (χ2v) is 6.50. The first-order valence-electron chi connectivity index (χ1n) is 5.59. The quantitative estimate of drug-likeness (QED) is 0.769. The summed E-state index contributed by atoms with van der Waals surface area (Å²) < 4.78 is 28.9. The number of sulfone groups is 1. The van der Waals surface area contributed by atoms with Crippen molar-refractivity contribution in [3.05, 3.63) is 47.5 Å². The van der Waals surface area contributed by atoms with Gasteiger partial charge in [0.05, 0.1) is 19.0 Å². The minimum Gasteiger partial charge on any atom is -0.375 e. The van der Waals surface area contributed by atoms with Crippen molar-refractivity contribution in [3.8, 4) is 0 Å². The molecule has 4 heteroatoms. The lowest BCUT2D eigenvalue weighted by molar-refractivity contribution is 0.125. The highest BCUT2D eigenvalue weighted by molar-refractivity contribution is 7.92. The monoisotopic (exact) mass is 252 g/mol. The molecule has 3 nitrogen and oxygen atoms in total. The summed E-state index contributed by atoms with van der Waals surface area (Å²) in [6.07, 6.45) is 1.77. The largest absolute Gasteiger partial charge is 0.375 e. The summed E-state index contributed by atoms with van der Waals surface area (Å²) >= 11 is 0. The maximum atomic E-state index is 11.7. The van der Waals surface area contributed by atoms with E-state index in [1.54, 1.807) is 6.08 Å². The molecule has 1 unspecified atom stereocenters. The first-order valence-corrected chi connectivity index (χ1v) is 7.31. The Kier molecular flexibility index (Phi) is 3.64. The van der Waals surface area contributed by atoms with Gasteiger partial charge in [-0.3, -0.25) is 0 Å². The van der Waals surface area contributed by atoms with Gasteiger partial charge in [-0.25, -0.2) is 8.42 Å². The Balaban J connectivity index is 1.89. The van der Waals surface area contributed by atoms with Crippen molar-refractivity contribution < 1.29 is 13.2 Å². The van der Waals surface area contributed by atoms with E-state index in [-0.39, 0.29) is 12.4 Å². The fourth-order valence-corrected chi connectivity index (χ4v) is 3.57. The molecule has 0 saturated heterocycles. The van der Waals surface area contributed by atoms with Gasteiger partial charge in [-0.15, -0.1) is 0 Å². The molecule has 0 aliphatic carbocycles. The highest BCUT2D eigenvalue weighted by atomic mass is 32.2. The number of rotatable bonds is 4. The van der Waals surface area contributed by atoms with Gasteiger partial charge >= 0.3 is 0 Å². The van der Waals surface area contributed by atoms with Crippen molar-refractivity contribution >= 4 is 9.84 Å². The molecule has 2 rings (SSSR count). The van der Waals surface area contributed by atoms with Crippen LogP contribution in [0.5, 0.6) is 0 Å². The molecule has 0 aromatic heterocycles. The number of benzene rings is 1. The molecule has 1 aliphatic rings. The molecular weight excluding hydrogens is 236 g/mol. The molecule has 1 aromatic carbocycles. The number of ether oxygens (including phenoxy) is 1. The van der Waals surface area contributed by atoms with Crippen LogP contribution in [-0.2, 0) is 21.2 Å². The standard InChI is InChI=1S/C13H16O3S/c1-11-7-8-17(14,15)13(11)10-16-9-12-5-3-2-4-6-12/h2-7,13H,8-10H2,1H3. The minimum absolute atomic E-state index is 0.151. The first-order chi connectivity index (χ1) is 8.09. The Morgan fingerprint density at radius 2 is 2.00 bits per heavy atom. The van der Waals surface area contributed by atoms with E-state index < -0.39 is 15.1 Å². The van der Waals surface area contributed by atoms with Crippen LogP contribution in [0.1, 0.15) is 12.5 Å². The Bertz CT molecular complexity index is 503. The molecule has 0 amide bonds. The third-order valence-corrected chi connectivity index (χ3v) is 4.97. The van der Waals surface area contributed by atoms with Crippen LogP contribution in [0.15, 0.2) is 42.0 Å². The molecule has 0 spiro atoms. The van der Waals surface area contributed by atoms with E-state index >= 15 is 0 Å². The zero-order valence-electron chi connectivity index (χ0n) is 9.80. The van der Waals surface area contributed by atoms with E-state index in [9.17, 15) is 8.42 Å². The lowest BCUT2D eigenvalue weighted by atomic mass is 10.2. The van der Waals surface area contributed by atoms with Gasteiger partial charge in [-0.1, -0.05) is 42.0 Å². The highest BCUT2D eigenvalue weighted by Gasteiger charge is 2.31. The molecule has 1 atom stereocenters. The van der Waals surface area contributed by atoms with E-state index in [2.05, 4.69) is 0 Å². The molecule has 0 N–H and O–H groups in total. The SMILES string of the molecule is CC1=CCS(=O)(=O)C1COCc1ccccc1. The molecule has 0 saturated carbocycles. The van der Waals surface area contributed by atoms with E-state index in [0.717, 1.165) is 11.1 Å². The summed E-state index contributed by atoms with van der Waals surface area (Å²) in [5.74, 6) is 0.151. The summed E-state index contributed by atoms with van der Waals surface area (Å²) in [5.41, 5.74) is 1.96. The van der Waals surface area contributed by atoms with E-state index in [0.29, 0.717) is 6.61 Å². The molecule has 0 bridgehead atoms. The van der Waals surface area contributed by atoms with Crippen LogP contribution in [0.2, 0.25) is 0 Å². The molecule has 0 radical (unpaired) electrons. The average Bonchev–Trinajstić information content (AvgIpc) is 2.57. The lowest BCUT2D eigenvalue weighted by Crippen LogP contribution is -2.24. The smallest absolute Gasteiger partial charge is 0.162 e. The number of hydrogen-bond donors (Lipinski definition) is 0. The van der Waals surface area contributed by atoms with E-state index in [4.69, 9.17) is 4.74 Å². The summed E-state index contributed by atoms with van der Waals surface area (Å²) in [5, 5.41) is -0.453. The molecule has 1 aromatic rings. The van der Waals surface area contributed by atoms with Gasteiger partial charge in [-0.05, 0) is 12.5 Å². The Morgan fingerprint density at radius 1 is 1.29 bits per heavy atom. The molecule has 1 aliphatic heterocycles. The van der Waals surface area contributed by atoms with Crippen LogP contribution in [0.4, 0.5) is 0 Å². The van der Waals surface area contributed by atoms with Crippen molar-refractivity contribution in [1.29, 1.82) is 0 Å². The second kappa shape index (κ2) is 5.02. The predicted octanol–water partition coefficient (Wildman–Crippen LogP) is 1.95. The normalized spacial score (nSPS) is 22.4. The van der Waals surface area contributed by atoms with Crippen molar-refractivity contribution in [2.45, 2.75) is 18.8 Å². The summed E-state index contributed by atoms with van der Waals surface area (Å²) in [4.78, 5) is 0. The molecule has 0 fully saturated rings. The summed E-state index contributed by atoms with van der Waals surface area (Å²) in [6, 6.07) is 9.75. The minimum atomic E-state index is -3.01. The third-order valence-electron chi connectivity index (χ3n) is 2.96. The van der Waals surface area contributed by atoms with Crippen molar-refractivity contribution in [1.82, 2.24) is 0 Å². The first kappa shape index (κ1) is 12.3. The van der Waals surface area contributed by atoms with Gasteiger partial charge < -0.3 is 4.74 Å². The van der Waals surface area contributed by atoms with Gasteiger partial charge in [0, 0.05) is 0 Å². The highest BCUT2D eigenvalue weighted by Crippen LogP contribution is 2.21. The fourth-order valence-electron chi connectivity index (χ4n) is 1.87. The van der Waals surface area contributed by atoms with Crippen LogP contribution >= 0.6 is 0 Å². The van der Waals surface area contributed by atoms with Crippen LogP contribution in [-0.4, -0.2) is 26.0 Å². The average molecular weight is 252 g/mol. The molecule has 92 valence electrons. The number of hydrogen-bond acceptors (Lipinski definition) is 3. The Hall–Kier alpha value is -1.13. The van der Waals surface area contributed by atoms with Crippen LogP contribution in [0.25, 0.3) is 0 Å². The lowest BCUT2D eigenvalue weighted by Gasteiger charge is -2.12. The van der Waals surface area contributed by atoms with Crippen LogP contribution in [0.3, 0.4) is 0 Å².